The fourth-order valence-corrected chi connectivity index (χ4v) is 2.38. The number of carbonyl (C=O) groups is 2. The highest BCUT2D eigenvalue weighted by atomic mass is 16.4. The number of furan rings is 1. The number of amides is 1. The molecule has 1 fully saturated rings. The zero-order chi connectivity index (χ0) is 14.3. The smallest absolute Gasteiger partial charge is 0.329 e. The van der Waals surface area contributed by atoms with Crippen LogP contribution in [0.15, 0.2) is 34.7 Å². The molecule has 1 heterocycles. The van der Waals surface area contributed by atoms with Crippen LogP contribution in [0.1, 0.15) is 30.3 Å². The average Bonchev–Trinajstić information content (AvgIpc) is 3.17. The minimum absolute atomic E-state index is 0.00618. The Bertz CT molecular complexity index is 653. The van der Waals surface area contributed by atoms with E-state index in [2.05, 4.69) is 5.32 Å². The molecule has 0 saturated heterocycles. The summed E-state index contributed by atoms with van der Waals surface area (Å²) in [5, 5.41) is 12.8. The van der Waals surface area contributed by atoms with Crippen LogP contribution in [0.5, 0.6) is 0 Å². The summed E-state index contributed by atoms with van der Waals surface area (Å²) in [6.07, 6.45) is 1.65. The Labute approximate surface area is 115 Å². The van der Waals surface area contributed by atoms with E-state index < -0.39 is 17.4 Å². The van der Waals surface area contributed by atoms with E-state index in [1.807, 2.05) is 18.2 Å². The predicted molar refractivity (Wildman–Crippen MR) is 72.4 cm³/mol. The van der Waals surface area contributed by atoms with Gasteiger partial charge in [-0.1, -0.05) is 18.2 Å². The fraction of sp³-hybridized carbons (Fsp3) is 0.333. The van der Waals surface area contributed by atoms with Crippen LogP contribution in [0.25, 0.3) is 11.0 Å². The van der Waals surface area contributed by atoms with Gasteiger partial charge >= 0.3 is 5.97 Å². The summed E-state index contributed by atoms with van der Waals surface area (Å²) >= 11 is 0. The van der Waals surface area contributed by atoms with Crippen molar-refractivity contribution < 1.29 is 19.1 Å². The van der Waals surface area contributed by atoms with Gasteiger partial charge in [0.25, 0.3) is 5.91 Å². The summed E-state index contributed by atoms with van der Waals surface area (Å²) in [5.41, 5.74) is -0.614. The van der Waals surface area contributed by atoms with Gasteiger partial charge in [0.1, 0.15) is 11.1 Å². The second-order valence-corrected chi connectivity index (χ2v) is 5.38. The molecule has 5 nitrogen and oxygen atoms in total. The molecule has 0 bridgehead atoms. The highest BCUT2D eigenvalue weighted by Gasteiger charge is 2.48. The van der Waals surface area contributed by atoms with Crippen molar-refractivity contribution in [1.82, 2.24) is 5.32 Å². The fourth-order valence-electron chi connectivity index (χ4n) is 2.38. The molecule has 0 aliphatic heterocycles. The SMILES string of the molecule is CC(NC(=O)c1cc2ccccc2o1)(C(=O)O)C1CC1. The van der Waals surface area contributed by atoms with Gasteiger partial charge < -0.3 is 14.8 Å². The molecule has 1 aliphatic rings. The van der Waals surface area contributed by atoms with Gasteiger partial charge in [-0.25, -0.2) is 4.79 Å². The lowest BCUT2D eigenvalue weighted by atomic mass is 9.96. The number of carbonyl (C=O) groups excluding carboxylic acids is 1. The van der Waals surface area contributed by atoms with Crippen LogP contribution in [0.3, 0.4) is 0 Å². The molecule has 2 aromatic rings. The Hall–Kier alpha value is -2.30. The topological polar surface area (TPSA) is 79.5 Å². The van der Waals surface area contributed by atoms with E-state index in [-0.39, 0.29) is 11.7 Å². The minimum Gasteiger partial charge on any atom is -0.480 e. The summed E-state index contributed by atoms with van der Waals surface area (Å²) in [4.78, 5) is 23.6. The van der Waals surface area contributed by atoms with Crippen LogP contribution in [0.2, 0.25) is 0 Å². The van der Waals surface area contributed by atoms with E-state index in [1.54, 1.807) is 19.1 Å². The molecule has 1 unspecified atom stereocenters. The van der Waals surface area contributed by atoms with Gasteiger partial charge in [-0.3, -0.25) is 4.79 Å². The number of aliphatic carboxylic acids is 1. The summed E-state index contributed by atoms with van der Waals surface area (Å²) < 4.78 is 5.45. The summed E-state index contributed by atoms with van der Waals surface area (Å²) in [6.45, 7) is 1.55. The van der Waals surface area contributed by atoms with E-state index >= 15 is 0 Å². The third-order valence-corrected chi connectivity index (χ3v) is 3.86. The van der Waals surface area contributed by atoms with Crippen molar-refractivity contribution in [3.63, 3.8) is 0 Å². The van der Waals surface area contributed by atoms with Crippen LogP contribution < -0.4 is 5.32 Å². The highest BCUT2D eigenvalue weighted by molar-refractivity contribution is 5.99. The van der Waals surface area contributed by atoms with Crippen LogP contribution in [0.4, 0.5) is 0 Å². The van der Waals surface area contributed by atoms with Crippen LogP contribution in [-0.4, -0.2) is 22.5 Å². The van der Waals surface area contributed by atoms with E-state index in [0.717, 1.165) is 18.2 Å². The maximum Gasteiger partial charge on any atom is 0.329 e. The van der Waals surface area contributed by atoms with Crippen molar-refractivity contribution in [2.24, 2.45) is 5.92 Å². The first kappa shape index (κ1) is 12.7. The monoisotopic (exact) mass is 273 g/mol. The number of para-hydroxylation sites is 1. The average molecular weight is 273 g/mol. The lowest BCUT2D eigenvalue weighted by Gasteiger charge is -2.25. The Kier molecular flexibility index (Phi) is 2.78. The van der Waals surface area contributed by atoms with Gasteiger partial charge in [-0.05, 0) is 37.8 Å². The normalized spacial score (nSPS) is 17.6. The second-order valence-electron chi connectivity index (χ2n) is 5.38. The Morgan fingerprint density at radius 2 is 2.05 bits per heavy atom. The Morgan fingerprint density at radius 3 is 2.65 bits per heavy atom. The standard InChI is InChI=1S/C15H15NO4/c1-15(14(18)19,10-6-7-10)16-13(17)12-8-9-4-2-3-5-11(9)20-12/h2-5,8,10H,6-7H2,1H3,(H,16,17)(H,18,19). The first-order valence-corrected chi connectivity index (χ1v) is 6.55. The van der Waals surface area contributed by atoms with Gasteiger partial charge in [0.05, 0.1) is 0 Å². The summed E-state index contributed by atoms with van der Waals surface area (Å²) in [5.74, 6) is -1.37. The van der Waals surface area contributed by atoms with Gasteiger partial charge in [-0.2, -0.15) is 0 Å². The number of hydrogen-bond donors (Lipinski definition) is 2. The van der Waals surface area contributed by atoms with Crippen molar-refractivity contribution in [3.05, 3.63) is 36.1 Å². The van der Waals surface area contributed by atoms with Crippen molar-refractivity contribution >= 4 is 22.8 Å². The molecule has 5 heteroatoms. The summed E-state index contributed by atoms with van der Waals surface area (Å²) in [6, 6.07) is 8.90. The molecule has 1 saturated carbocycles. The summed E-state index contributed by atoms with van der Waals surface area (Å²) in [7, 11) is 0. The van der Waals surface area contributed by atoms with Gasteiger partial charge in [0, 0.05) is 5.39 Å². The lowest BCUT2D eigenvalue weighted by molar-refractivity contribution is -0.144. The molecule has 1 atom stereocenters. The van der Waals surface area contributed by atoms with E-state index in [9.17, 15) is 14.7 Å². The molecule has 1 amide bonds. The van der Waals surface area contributed by atoms with Crippen molar-refractivity contribution in [2.45, 2.75) is 25.3 Å². The largest absolute Gasteiger partial charge is 0.480 e. The maximum absolute atomic E-state index is 12.2. The van der Waals surface area contributed by atoms with E-state index in [0.29, 0.717) is 5.58 Å². The lowest BCUT2D eigenvalue weighted by Crippen LogP contribution is -2.53. The highest BCUT2D eigenvalue weighted by Crippen LogP contribution is 2.40. The molecule has 1 aromatic carbocycles. The first-order chi connectivity index (χ1) is 9.50. The number of carboxylic acid groups (broad SMARTS) is 1. The molecule has 1 aromatic heterocycles. The van der Waals surface area contributed by atoms with Crippen LogP contribution in [-0.2, 0) is 4.79 Å². The van der Waals surface area contributed by atoms with Gasteiger partial charge in [0.2, 0.25) is 0 Å². The third kappa shape index (κ3) is 2.05. The molecule has 2 N–H and O–H groups in total. The van der Waals surface area contributed by atoms with Crippen molar-refractivity contribution in [2.75, 3.05) is 0 Å². The quantitative estimate of drug-likeness (QED) is 0.896. The van der Waals surface area contributed by atoms with E-state index in [1.165, 1.54) is 0 Å². The van der Waals surface area contributed by atoms with Gasteiger partial charge in [-0.15, -0.1) is 0 Å². The number of fused-ring (bicyclic) bond motifs is 1. The second kappa shape index (κ2) is 4.37. The molecule has 3 rings (SSSR count). The Balaban J connectivity index is 1.86. The number of carboxylic acids is 1. The number of nitrogens with one attached hydrogen (secondary N) is 1. The van der Waals surface area contributed by atoms with Crippen molar-refractivity contribution in [1.29, 1.82) is 0 Å². The molecule has 20 heavy (non-hydrogen) atoms. The van der Waals surface area contributed by atoms with E-state index in [4.69, 9.17) is 4.42 Å². The molecular weight excluding hydrogens is 258 g/mol. The molecule has 104 valence electrons. The molecule has 1 aliphatic carbocycles. The number of hydrogen-bond acceptors (Lipinski definition) is 3. The zero-order valence-electron chi connectivity index (χ0n) is 11.1. The molecular formula is C15H15NO4. The van der Waals surface area contributed by atoms with Gasteiger partial charge in [0.15, 0.2) is 5.76 Å². The number of rotatable bonds is 4. The Morgan fingerprint density at radius 1 is 1.35 bits per heavy atom. The molecule has 0 spiro atoms. The first-order valence-electron chi connectivity index (χ1n) is 6.55. The van der Waals surface area contributed by atoms with Crippen LogP contribution >= 0.6 is 0 Å². The minimum atomic E-state index is -1.23. The predicted octanol–water partition coefficient (Wildman–Crippen LogP) is 2.42. The molecule has 0 radical (unpaired) electrons. The zero-order valence-corrected chi connectivity index (χ0v) is 11.1. The maximum atomic E-state index is 12.2. The third-order valence-electron chi connectivity index (χ3n) is 3.86. The number of benzene rings is 1. The van der Waals surface area contributed by atoms with Crippen LogP contribution in [0, 0.1) is 5.92 Å². The van der Waals surface area contributed by atoms with Crippen molar-refractivity contribution in [3.8, 4) is 0 Å².